The summed E-state index contributed by atoms with van der Waals surface area (Å²) in [6.07, 6.45) is 4.84. The zero-order valence-electron chi connectivity index (χ0n) is 13.2. The minimum absolute atomic E-state index is 0.150. The summed E-state index contributed by atoms with van der Waals surface area (Å²) in [5, 5.41) is 0. The molecule has 1 amide bonds. The molecule has 1 atom stereocenters. The molecule has 1 aromatic carbocycles. The molecule has 2 aromatic heterocycles. The Hall–Kier alpha value is -2.82. The van der Waals surface area contributed by atoms with Crippen molar-refractivity contribution in [2.24, 2.45) is 0 Å². The fraction of sp³-hybridized carbons (Fsp3) is 0.263. The third kappa shape index (κ3) is 2.97. The Kier molecular flexibility index (Phi) is 3.91. The molecule has 0 spiro atoms. The number of carbonyl (C=O) groups excluding carboxylic acids is 1. The first-order valence-corrected chi connectivity index (χ1v) is 8.11. The van der Waals surface area contributed by atoms with E-state index in [9.17, 15) is 4.79 Å². The lowest BCUT2D eigenvalue weighted by molar-refractivity contribution is 0.0749. The largest absolute Gasteiger partial charge is 0.469 e. The van der Waals surface area contributed by atoms with E-state index in [1.54, 1.807) is 17.4 Å². The van der Waals surface area contributed by atoms with Crippen LogP contribution in [0.4, 0.5) is 0 Å². The standard InChI is InChI=1S/C19H18N2O3/c22-19(21-9-8-15(13-21)17-7-4-10-23-17)18-20-12-16(24-18)11-14-5-2-1-3-6-14/h1-7,10,12,15H,8-9,11,13H2. The zero-order chi connectivity index (χ0) is 16.4. The van der Waals surface area contributed by atoms with Crippen LogP contribution in [0.25, 0.3) is 0 Å². The minimum atomic E-state index is -0.150. The first-order chi connectivity index (χ1) is 11.8. The summed E-state index contributed by atoms with van der Waals surface area (Å²) in [7, 11) is 0. The Morgan fingerprint density at radius 1 is 1.21 bits per heavy atom. The van der Waals surface area contributed by atoms with Gasteiger partial charge in [0.2, 0.25) is 0 Å². The van der Waals surface area contributed by atoms with E-state index < -0.39 is 0 Å². The Bertz CT molecular complexity index is 808. The van der Waals surface area contributed by atoms with E-state index in [4.69, 9.17) is 8.83 Å². The van der Waals surface area contributed by atoms with Crippen LogP contribution in [0, 0.1) is 0 Å². The number of nitrogens with zero attached hydrogens (tertiary/aromatic N) is 2. The van der Waals surface area contributed by atoms with Gasteiger partial charge in [0.1, 0.15) is 11.5 Å². The van der Waals surface area contributed by atoms with Crippen LogP contribution in [0.2, 0.25) is 0 Å². The van der Waals surface area contributed by atoms with Gasteiger partial charge in [0, 0.05) is 25.4 Å². The number of carbonyl (C=O) groups is 1. The van der Waals surface area contributed by atoms with Crippen molar-refractivity contribution in [3.63, 3.8) is 0 Å². The van der Waals surface area contributed by atoms with Crippen molar-refractivity contribution in [3.05, 3.63) is 77.9 Å². The van der Waals surface area contributed by atoms with Gasteiger partial charge in [-0.1, -0.05) is 30.3 Å². The third-order valence-corrected chi connectivity index (χ3v) is 4.38. The van der Waals surface area contributed by atoms with E-state index in [1.807, 2.05) is 42.5 Å². The Morgan fingerprint density at radius 3 is 2.88 bits per heavy atom. The molecule has 24 heavy (non-hydrogen) atoms. The highest BCUT2D eigenvalue weighted by Crippen LogP contribution is 2.28. The number of likely N-dealkylation sites (tertiary alicyclic amines) is 1. The minimum Gasteiger partial charge on any atom is -0.469 e. The molecular weight excluding hydrogens is 304 g/mol. The molecule has 5 heteroatoms. The van der Waals surface area contributed by atoms with Crippen LogP contribution in [-0.2, 0) is 6.42 Å². The highest BCUT2D eigenvalue weighted by molar-refractivity contribution is 5.89. The number of rotatable bonds is 4. The number of furan rings is 1. The van der Waals surface area contributed by atoms with Crippen molar-refractivity contribution in [1.29, 1.82) is 0 Å². The van der Waals surface area contributed by atoms with Crippen LogP contribution in [0.5, 0.6) is 0 Å². The van der Waals surface area contributed by atoms with E-state index in [2.05, 4.69) is 4.98 Å². The van der Waals surface area contributed by atoms with Crippen molar-refractivity contribution in [1.82, 2.24) is 9.88 Å². The number of hydrogen-bond acceptors (Lipinski definition) is 4. The third-order valence-electron chi connectivity index (χ3n) is 4.38. The topological polar surface area (TPSA) is 59.5 Å². The zero-order valence-corrected chi connectivity index (χ0v) is 13.2. The van der Waals surface area contributed by atoms with Crippen LogP contribution in [0.15, 0.2) is 63.8 Å². The van der Waals surface area contributed by atoms with Gasteiger partial charge in [-0.3, -0.25) is 4.79 Å². The van der Waals surface area contributed by atoms with Crippen LogP contribution in [-0.4, -0.2) is 28.9 Å². The molecule has 0 radical (unpaired) electrons. The van der Waals surface area contributed by atoms with Crippen molar-refractivity contribution < 1.29 is 13.6 Å². The molecule has 4 rings (SSSR count). The molecule has 1 aliphatic rings. The lowest BCUT2D eigenvalue weighted by Gasteiger charge is -2.13. The molecule has 1 saturated heterocycles. The maximum atomic E-state index is 12.6. The Morgan fingerprint density at radius 2 is 2.08 bits per heavy atom. The number of hydrogen-bond donors (Lipinski definition) is 0. The molecule has 1 fully saturated rings. The van der Waals surface area contributed by atoms with E-state index in [0.29, 0.717) is 25.3 Å². The Balaban J connectivity index is 1.42. The van der Waals surface area contributed by atoms with Gasteiger partial charge in [0.25, 0.3) is 5.89 Å². The summed E-state index contributed by atoms with van der Waals surface area (Å²) in [5.74, 6) is 1.90. The monoisotopic (exact) mass is 322 g/mol. The van der Waals surface area contributed by atoms with Gasteiger partial charge in [-0.15, -0.1) is 0 Å². The molecule has 0 bridgehead atoms. The smallest absolute Gasteiger partial charge is 0.309 e. The van der Waals surface area contributed by atoms with Crippen LogP contribution >= 0.6 is 0 Å². The first kappa shape index (κ1) is 14.8. The van der Waals surface area contributed by atoms with Gasteiger partial charge in [-0.05, 0) is 24.1 Å². The van der Waals surface area contributed by atoms with Gasteiger partial charge < -0.3 is 13.7 Å². The van der Waals surface area contributed by atoms with Crippen LogP contribution < -0.4 is 0 Å². The molecule has 0 saturated carbocycles. The number of benzene rings is 1. The SMILES string of the molecule is O=C(c1ncc(Cc2ccccc2)o1)N1CCC(c2ccco2)C1. The second-order valence-corrected chi connectivity index (χ2v) is 6.05. The molecule has 0 N–H and O–H groups in total. The van der Waals surface area contributed by atoms with Gasteiger partial charge in [-0.25, -0.2) is 4.98 Å². The molecule has 1 aliphatic heterocycles. The van der Waals surface area contributed by atoms with E-state index in [1.165, 1.54) is 0 Å². The summed E-state index contributed by atoms with van der Waals surface area (Å²) in [6.45, 7) is 1.34. The van der Waals surface area contributed by atoms with Crippen molar-refractivity contribution in [2.75, 3.05) is 13.1 Å². The molecule has 5 nitrogen and oxygen atoms in total. The van der Waals surface area contributed by atoms with Crippen molar-refractivity contribution in [2.45, 2.75) is 18.8 Å². The predicted molar refractivity (Wildman–Crippen MR) is 87.7 cm³/mol. The summed E-state index contributed by atoms with van der Waals surface area (Å²) in [5.41, 5.74) is 1.13. The number of amides is 1. The summed E-state index contributed by atoms with van der Waals surface area (Å²) < 4.78 is 11.1. The Labute approximate surface area is 139 Å². The van der Waals surface area contributed by atoms with Gasteiger partial charge >= 0.3 is 5.91 Å². The number of aromatic nitrogens is 1. The molecule has 3 aromatic rings. The van der Waals surface area contributed by atoms with Gasteiger partial charge in [-0.2, -0.15) is 0 Å². The highest BCUT2D eigenvalue weighted by atomic mass is 16.4. The average Bonchev–Trinajstić information content (AvgIpc) is 3.36. The fourth-order valence-electron chi connectivity index (χ4n) is 3.12. The molecular formula is C19H18N2O3. The average molecular weight is 322 g/mol. The fourth-order valence-corrected chi connectivity index (χ4v) is 3.12. The van der Waals surface area contributed by atoms with Crippen molar-refractivity contribution >= 4 is 5.91 Å². The summed E-state index contributed by atoms with van der Waals surface area (Å²) in [6, 6.07) is 13.8. The summed E-state index contributed by atoms with van der Waals surface area (Å²) in [4.78, 5) is 18.5. The predicted octanol–water partition coefficient (Wildman–Crippen LogP) is 3.49. The quantitative estimate of drug-likeness (QED) is 0.738. The highest BCUT2D eigenvalue weighted by Gasteiger charge is 2.31. The number of oxazole rings is 1. The lowest BCUT2D eigenvalue weighted by atomic mass is 10.1. The van der Waals surface area contributed by atoms with E-state index >= 15 is 0 Å². The molecule has 1 unspecified atom stereocenters. The first-order valence-electron chi connectivity index (χ1n) is 8.11. The second kappa shape index (κ2) is 6.35. The molecule has 3 heterocycles. The van der Waals surface area contributed by atoms with Crippen LogP contribution in [0.1, 0.15) is 40.1 Å². The van der Waals surface area contributed by atoms with Crippen molar-refractivity contribution in [3.8, 4) is 0 Å². The maximum Gasteiger partial charge on any atom is 0.309 e. The van der Waals surface area contributed by atoms with Crippen LogP contribution in [0.3, 0.4) is 0 Å². The maximum absolute atomic E-state index is 12.6. The van der Waals surface area contributed by atoms with E-state index in [0.717, 1.165) is 17.7 Å². The molecule has 122 valence electrons. The van der Waals surface area contributed by atoms with Gasteiger partial charge in [0.15, 0.2) is 0 Å². The normalized spacial score (nSPS) is 17.3. The van der Waals surface area contributed by atoms with E-state index in [-0.39, 0.29) is 17.7 Å². The second-order valence-electron chi connectivity index (χ2n) is 6.05. The van der Waals surface area contributed by atoms with Gasteiger partial charge in [0.05, 0.1) is 12.5 Å². The summed E-state index contributed by atoms with van der Waals surface area (Å²) >= 11 is 0. The molecule has 0 aliphatic carbocycles. The lowest BCUT2D eigenvalue weighted by Crippen LogP contribution is -2.28.